The zero-order valence-corrected chi connectivity index (χ0v) is 13.2. The van der Waals surface area contributed by atoms with Gasteiger partial charge >= 0.3 is 0 Å². The van der Waals surface area contributed by atoms with Crippen LogP contribution in [0.2, 0.25) is 0 Å². The minimum absolute atomic E-state index is 0. The monoisotopic (exact) mass is 305 g/mol. The van der Waals surface area contributed by atoms with Crippen molar-refractivity contribution in [1.29, 1.82) is 0 Å². The molecule has 0 atom stereocenters. The summed E-state index contributed by atoms with van der Waals surface area (Å²) in [7, 11) is 2.00. The summed E-state index contributed by atoms with van der Waals surface area (Å²) in [5, 5.41) is 4.66. The lowest BCUT2D eigenvalue weighted by Gasteiger charge is -2.17. The van der Waals surface area contributed by atoms with Gasteiger partial charge in [-0.1, -0.05) is 30.3 Å². The van der Waals surface area contributed by atoms with Gasteiger partial charge in [-0.25, -0.2) is 0 Å². The summed E-state index contributed by atoms with van der Waals surface area (Å²) in [6.07, 6.45) is 1.72. The van der Waals surface area contributed by atoms with E-state index in [1.54, 1.807) is 6.92 Å². The van der Waals surface area contributed by atoms with Crippen LogP contribution in [0.5, 0.6) is 0 Å². The van der Waals surface area contributed by atoms with Gasteiger partial charge in [-0.2, -0.15) is 5.10 Å². The van der Waals surface area contributed by atoms with Crippen LogP contribution in [0.3, 0.4) is 0 Å². The van der Waals surface area contributed by atoms with Crippen molar-refractivity contribution in [2.45, 2.75) is 19.8 Å². The Hall–Kier alpha value is -1.81. The molecule has 1 aliphatic rings. The van der Waals surface area contributed by atoms with Crippen molar-refractivity contribution in [1.82, 2.24) is 14.7 Å². The first-order valence-electron chi connectivity index (χ1n) is 7.02. The number of rotatable bonds is 1. The molecule has 4 nitrogen and oxygen atoms in total. The molecule has 1 aromatic heterocycles. The van der Waals surface area contributed by atoms with E-state index in [1.807, 2.05) is 34.8 Å². The molecule has 0 radical (unpaired) electrons. The maximum Gasteiger partial charge on any atom is 0.219 e. The Labute approximate surface area is 131 Å². The smallest absolute Gasteiger partial charge is 0.219 e. The highest BCUT2D eigenvalue weighted by atomic mass is 35.5. The number of nitrogens with zero attached hydrogens (tertiary/aromatic N) is 3. The topological polar surface area (TPSA) is 38.1 Å². The Morgan fingerprint density at radius 1 is 1.14 bits per heavy atom. The highest BCUT2D eigenvalue weighted by Gasteiger charge is 2.22. The molecule has 1 amide bonds. The van der Waals surface area contributed by atoms with E-state index in [9.17, 15) is 4.79 Å². The Morgan fingerprint density at radius 3 is 2.48 bits per heavy atom. The number of halogens is 1. The van der Waals surface area contributed by atoms with Gasteiger partial charge in [0.05, 0.1) is 11.4 Å². The third kappa shape index (κ3) is 2.95. The van der Waals surface area contributed by atoms with Crippen LogP contribution in [0.25, 0.3) is 11.3 Å². The highest BCUT2D eigenvalue weighted by Crippen LogP contribution is 2.28. The second-order valence-electron chi connectivity index (χ2n) is 5.27. The van der Waals surface area contributed by atoms with Gasteiger partial charge in [0, 0.05) is 44.6 Å². The number of carbonyl (C=O) groups is 1. The molecule has 1 aromatic carbocycles. The lowest BCUT2D eigenvalue weighted by Crippen LogP contribution is -2.31. The third-order valence-corrected chi connectivity index (χ3v) is 3.97. The number of aromatic nitrogens is 2. The van der Waals surface area contributed by atoms with Crippen molar-refractivity contribution in [3.05, 3.63) is 41.6 Å². The molecule has 2 aromatic rings. The van der Waals surface area contributed by atoms with Crippen LogP contribution in [-0.2, 0) is 24.7 Å². The summed E-state index contributed by atoms with van der Waals surface area (Å²) in [6.45, 7) is 3.20. The van der Waals surface area contributed by atoms with Crippen molar-refractivity contribution in [3.8, 4) is 11.3 Å². The zero-order valence-electron chi connectivity index (χ0n) is 12.4. The Morgan fingerprint density at radius 2 is 1.81 bits per heavy atom. The van der Waals surface area contributed by atoms with Crippen LogP contribution in [0.4, 0.5) is 0 Å². The van der Waals surface area contributed by atoms with E-state index < -0.39 is 0 Å². The number of hydrogen-bond acceptors (Lipinski definition) is 2. The second kappa shape index (κ2) is 6.31. The van der Waals surface area contributed by atoms with Gasteiger partial charge in [-0.3, -0.25) is 9.48 Å². The minimum Gasteiger partial charge on any atom is -0.342 e. The maximum atomic E-state index is 11.5. The first-order valence-corrected chi connectivity index (χ1v) is 7.02. The summed E-state index contributed by atoms with van der Waals surface area (Å²) >= 11 is 0. The van der Waals surface area contributed by atoms with Gasteiger partial charge in [0.15, 0.2) is 0 Å². The molecule has 3 rings (SSSR count). The number of aryl methyl sites for hydroxylation is 1. The number of amides is 1. The Balaban J connectivity index is 0.00000161. The van der Waals surface area contributed by atoms with Crippen LogP contribution in [0.15, 0.2) is 30.3 Å². The number of fused-ring (bicyclic) bond motifs is 1. The van der Waals surface area contributed by atoms with Crippen LogP contribution >= 0.6 is 12.4 Å². The van der Waals surface area contributed by atoms with Gasteiger partial charge in [0.2, 0.25) is 5.91 Å². The van der Waals surface area contributed by atoms with Crippen LogP contribution in [0.1, 0.15) is 18.2 Å². The first-order chi connectivity index (χ1) is 9.66. The predicted octanol–water partition coefficient (Wildman–Crippen LogP) is 2.46. The molecule has 0 N–H and O–H groups in total. The molecule has 0 unspecified atom stereocenters. The molecule has 0 aliphatic carbocycles. The fourth-order valence-electron chi connectivity index (χ4n) is 2.96. The molecule has 0 spiro atoms. The quantitative estimate of drug-likeness (QED) is 0.812. The van der Waals surface area contributed by atoms with Crippen LogP contribution in [-0.4, -0.2) is 33.7 Å². The average molecular weight is 306 g/mol. The molecular weight excluding hydrogens is 286 g/mol. The summed E-state index contributed by atoms with van der Waals surface area (Å²) in [6, 6.07) is 10.4. The molecule has 112 valence electrons. The molecule has 2 heterocycles. The second-order valence-corrected chi connectivity index (χ2v) is 5.27. The van der Waals surface area contributed by atoms with Crippen LogP contribution in [0, 0.1) is 0 Å². The summed E-state index contributed by atoms with van der Waals surface area (Å²) in [5.41, 5.74) is 4.81. The van der Waals surface area contributed by atoms with Crippen molar-refractivity contribution < 1.29 is 4.79 Å². The third-order valence-electron chi connectivity index (χ3n) is 3.97. The van der Waals surface area contributed by atoms with Crippen molar-refractivity contribution in [3.63, 3.8) is 0 Å². The standard InChI is InChI=1S/C16H19N3O.ClH/c1-12(20)19-10-8-14-15(9-11-19)17-18(2)16(14)13-6-4-3-5-7-13;/h3-7H,8-11H2,1-2H3;1H. The van der Waals surface area contributed by atoms with Crippen LogP contribution < -0.4 is 0 Å². The summed E-state index contributed by atoms with van der Waals surface area (Å²) in [4.78, 5) is 13.5. The van der Waals surface area contributed by atoms with Crippen molar-refractivity contribution in [2.24, 2.45) is 7.05 Å². The van der Waals surface area contributed by atoms with E-state index in [0.29, 0.717) is 0 Å². The van der Waals surface area contributed by atoms with Crippen molar-refractivity contribution >= 4 is 18.3 Å². The van der Waals surface area contributed by atoms with Gasteiger partial charge in [0.25, 0.3) is 0 Å². The van der Waals surface area contributed by atoms with E-state index in [1.165, 1.54) is 16.8 Å². The molecular formula is C16H20ClN3O. The van der Waals surface area contributed by atoms with Gasteiger partial charge in [0.1, 0.15) is 0 Å². The molecule has 0 saturated carbocycles. The predicted molar refractivity (Wildman–Crippen MR) is 85.6 cm³/mol. The molecule has 5 heteroatoms. The van der Waals surface area contributed by atoms with Gasteiger partial charge in [-0.05, 0) is 6.42 Å². The van der Waals surface area contributed by atoms with E-state index in [-0.39, 0.29) is 18.3 Å². The van der Waals surface area contributed by atoms with E-state index in [4.69, 9.17) is 0 Å². The maximum absolute atomic E-state index is 11.5. The fourth-order valence-corrected chi connectivity index (χ4v) is 2.96. The lowest BCUT2D eigenvalue weighted by atomic mass is 10.0. The Bertz CT molecular complexity index is 636. The minimum atomic E-state index is 0. The molecule has 21 heavy (non-hydrogen) atoms. The normalized spacial score (nSPS) is 14.1. The molecule has 0 bridgehead atoms. The highest BCUT2D eigenvalue weighted by molar-refractivity contribution is 5.85. The number of benzene rings is 1. The van der Waals surface area contributed by atoms with Crippen molar-refractivity contribution in [2.75, 3.05) is 13.1 Å². The zero-order chi connectivity index (χ0) is 14.1. The number of carbonyl (C=O) groups excluding carboxylic acids is 1. The largest absolute Gasteiger partial charge is 0.342 e. The van der Waals surface area contributed by atoms with E-state index >= 15 is 0 Å². The first kappa shape index (κ1) is 15.6. The summed E-state index contributed by atoms with van der Waals surface area (Å²) in [5.74, 6) is 0.154. The van der Waals surface area contributed by atoms with Gasteiger partial charge < -0.3 is 4.90 Å². The van der Waals surface area contributed by atoms with E-state index in [0.717, 1.165) is 31.6 Å². The lowest BCUT2D eigenvalue weighted by molar-refractivity contribution is -0.128. The fraction of sp³-hybridized carbons (Fsp3) is 0.375. The molecule has 0 fully saturated rings. The average Bonchev–Trinajstić information content (AvgIpc) is 2.62. The Kier molecular flexibility index (Phi) is 4.68. The molecule has 1 aliphatic heterocycles. The summed E-state index contributed by atoms with van der Waals surface area (Å²) < 4.78 is 1.98. The van der Waals surface area contributed by atoms with Gasteiger partial charge in [-0.15, -0.1) is 12.4 Å². The van der Waals surface area contributed by atoms with E-state index in [2.05, 4.69) is 17.2 Å². The molecule has 0 saturated heterocycles. The SMILES string of the molecule is CC(=O)N1CCc2nn(C)c(-c3ccccc3)c2CC1.Cl. The number of hydrogen-bond donors (Lipinski definition) is 0.